The van der Waals surface area contributed by atoms with E-state index in [2.05, 4.69) is 12.2 Å². The molecule has 0 bridgehead atoms. The molecule has 1 aliphatic heterocycles. The Morgan fingerprint density at radius 2 is 1.95 bits per heavy atom. The predicted octanol–water partition coefficient (Wildman–Crippen LogP) is 2.47. The fourth-order valence-corrected chi connectivity index (χ4v) is 3.36. The first-order valence-electron chi connectivity index (χ1n) is 8.29. The number of amides is 2. The largest absolute Gasteiger partial charge is 0.356 e. The first-order chi connectivity index (χ1) is 9.72. The van der Waals surface area contributed by atoms with Gasteiger partial charge in [-0.1, -0.05) is 39.0 Å². The minimum Gasteiger partial charge on any atom is -0.356 e. The van der Waals surface area contributed by atoms with Gasteiger partial charge < -0.3 is 10.2 Å². The van der Waals surface area contributed by atoms with Crippen LogP contribution in [0.5, 0.6) is 0 Å². The average molecular weight is 280 g/mol. The second kappa shape index (κ2) is 7.65. The molecule has 0 spiro atoms. The van der Waals surface area contributed by atoms with Crippen LogP contribution in [-0.4, -0.2) is 35.8 Å². The van der Waals surface area contributed by atoms with Gasteiger partial charge in [0.1, 0.15) is 0 Å². The van der Waals surface area contributed by atoms with E-state index in [0.717, 1.165) is 32.2 Å². The van der Waals surface area contributed by atoms with Gasteiger partial charge in [0.2, 0.25) is 11.8 Å². The van der Waals surface area contributed by atoms with E-state index >= 15 is 0 Å². The third-order valence-electron chi connectivity index (χ3n) is 4.62. The van der Waals surface area contributed by atoms with E-state index < -0.39 is 0 Å². The summed E-state index contributed by atoms with van der Waals surface area (Å²) in [5.74, 6) is 0.137. The second-order valence-corrected chi connectivity index (χ2v) is 6.24. The minimum absolute atomic E-state index is 0.0721. The van der Waals surface area contributed by atoms with E-state index in [1.54, 1.807) is 0 Å². The van der Waals surface area contributed by atoms with E-state index in [-0.39, 0.29) is 17.7 Å². The summed E-state index contributed by atoms with van der Waals surface area (Å²) < 4.78 is 0. The average Bonchev–Trinajstić information content (AvgIpc) is 2.66. The van der Waals surface area contributed by atoms with Gasteiger partial charge in [0.05, 0.1) is 5.92 Å². The molecular formula is C16H28N2O2. The monoisotopic (exact) mass is 280 g/mol. The highest BCUT2D eigenvalue weighted by Gasteiger charge is 2.37. The molecule has 1 aliphatic carbocycles. The molecule has 2 aliphatic rings. The van der Waals surface area contributed by atoms with Gasteiger partial charge in [-0.25, -0.2) is 0 Å². The van der Waals surface area contributed by atoms with Crippen LogP contribution in [0.4, 0.5) is 0 Å². The smallest absolute Gasteiger partial charge is 0.225 e. The van der Waals surface area contributed by atoms with Crippen LogP contribution in [0.2, 0.25) is 0 Å². The molecule has 4 nitrogen and oxygen atoms in total. The van der Waals surface area contributed by atoms with E-state index in [0.29, 0.717) is 19.0 Å². The molecule has 0 unspecified atom stereocenters. The number of nitrogens with one attached hydrogen (secondary N) is 1. The molecular weight excluding hydrogens is 252 g/mol. The first-order valence-corrected chi connectivity index (χ1v) is 8.29. The summed E-state index contributed by atoms with van der Waals surface area (Å²) in [4.78, 5) is 26.2. The fourth-order valence-electron chi connectivity index (χ4n) is 3.36. The summed E-state index contributed by atoms with van der Waals surface area (Å²) in [6.07, 6.45) is 9.78. The van der Waals surface area contributed by atoms with E-state index in [1.165, 1.54) is 25.7 Å². The van der Waals surface area contributed by atoms with Crippen molar-refractivity contribution in [3.8, 4) is 0 Å². The minimum atomic E-state index is -0.123. The highest BCUT2D eigenvalue weighted by atomic mass is 16.2. The van der Waals surface area contributed by atoms with E-state index in [4.69, 9.17) is 0 Å². The van der Waals surface area contributed by atoms with Crippen molar-refractivity contribution >= 4 is 11.8 Å². The lowest BCUT2D eigenvalue weighted by Gasteiger charge is -2.27. The quantitative estimate of drug-likeness (QED) is 0.621. The van der Waals surface area contributed by atoms with Crippen molar-refractivity contribution in [2.45, 2.75) is 70.8 Å². The lowest BCUT2D eigenvalue weighted by molar-refractivity contribution is -0.130. The fraction of sp³-hybridized carbons (Fsp3) is 0.875. The summed E-state index contributed by atoms with van der Waals surface area (Å²) >= 11 is 0. The van der Waals surface area contributed by atoms with Crippen LogP contribution in [0.1, 0.15) is 64.7 Å². The Morgan fingerprint density at radius 1 is 1.25 bits per heavy atom. The SMILES string of the molecule is CCCCNC(=O)[C@@H]1CC(=O)N(C2CCCCCC2)C1. The zero-order valence-corrected chi connectivity index (χ0v) is 12.7. The van der Waals surface area contributed by atoms with Crippen LogP contribution < -0.4 is 5.32 Å². The molecule has 1 N–H and O–H groups in total. The van der Waals surface area contributed by atoms with Crippen LogP contribution in [0.25, 0.3) is 0 Å². The van der Waals surface area contributed by atoms with Crippen molar-refractivity contribution in [3.05, 3.63) is 0 Å². The number of nitrogens with zero attached hydrogens (tertiary/aromatic N) is 1. The van der Waals surface area contributed by atoms with Crippen molar-refractivity contribution < 1.29 is 9.59 Å². The Morgan fingerprint density at radius 3 is 2.60 bits per heavy atom. The van der Waals surface area contributed by atoms with Gasteiger partial charge in [0, 0.05) is 25.6 Å². The van der Waals surface area contributed by atoms with Crippen LogP contribution in [0, 0.1) is 5.92 Å². The van der Waals surface area contributed by atoms with E-state index in [9.17, 15) is 9.59 Å². The zero-order chi connectivity index (χ0) is 14.4. The van der Waals surface area contributed by atoms with Crippen molar-refractivity contribution in [1.82, 2.24) is 10.2 Å². The van der Waals surface area contributed by atoms with Crippen molar-refractivity contribution in [1.29, 1.82) is 0 Å². The third kappa shape index (κ3) is 3.97. The molecule has 1 saturated heterocycles. The summed E-state index contributed by atoms with van der Waals surface area (Å²) in [5.41, 5.74) is 0. The molecule has 0 aromatic heterocycles. The van der Waals surface area contributed by atoms with Gasteiger partial charge in [-0.15, -0.1) is 0 Å². The molecule has 2 amide bonds. The van der Waals surface area contributed by atoms with Gasteiger partial charge >= 0.3 is 0 Å². The molecule has 1 heterocycles. The number of rotatable bonds is 5. The molecule has 2 fully saturated rings. The molecule has 20 heavy (non-hydrogen) atoms. The first kappa shape index (κ1) is 15.3. The summed E-state index contributed by atoms with van der Waals surface area (Å²) in [5, 5.41) is 2.96. The van der Waals surface area contributed by atoms with Crippen LogP contribution in [0.15, 0.2) is 0 Å². The van der Waals surface area contributed by atoms with Gasteiger partial charge in [0.25, 0.3) is 0 Å². The lowest BCUT2D eigenvalue weighted by atomic mass is 10.1. The Labute approximate surface area is 122 Å². The Hall–Kier alpha value is -1.06. The Bertz CT molecular complexity index is 335. The van der Waals surface area contributed by atoms with Crippen molar-refractivity contribution in [2.75, 3.05) is 13.1 Å². The second-order valence-electron chi connectivity index (χ2n) is 6.24. The molecule has 0 radical (unpaired) electrons. The molecule has 1 saturated carbocycles. The summed E-state index contributed by atoms with van der Waals surface area (Å²) in [6, 6.07) is 0.387. The lowest BCUT2D eigenvalue weighted by Crippen LogP contribution is -2.38. The molecule has 1 atom stereocenters. The molecule has 4 heteroatoms. The maximum Gasteiger partial charge on any atom is 0.225 e. The molecule has 2 rings (SSSR count). The molecule has 0 aromatic rings. The Kier molecular flexibility index (Phi) is 5.86. The highest BCUT2D eigenvalue weighted by molar-refractivity contribution is 5.89. The normalized spacial score (nSPS) is 24.8. The number of unbranched alkanes of at least 4 members (excludes halogenated alkanes) is 1. The van der Waals surface area contributed by atoms with Gasteiger partial charge in [-0.2, -0.15) is 0 Å². The van der Waals surface area contributed by atoms with Crippen molar-refractivity contribution in [3.63, 3.8) is 0 Å². The van der Waals surface area contributed by atoms with Crippen molar-refractivity contribution in [2.24, 2.45) is 5.92 Å². The van der Waals surface area contributed by atoms with Gasteiger partial charge in [-0.3, -0.25) is 9.59 Å². The maximum absolute atomic E-state index is 12.2. The Balaban J connectivity index is 1.84. The third-order valence-corrected chi connectivity index (χ3v) is 4.62. The predicted molar refractivity (Wildman–Crippen MR) is 79.2 cm³/mol. The number of carbonyl (C=O) groups excluding carboxylic acids is 2. The molecule has 0 aromatic carbocycles. The molecule has 114 valence electrons. The van der Waals surface area contributed by atoms with Gasteiger partial charge in [-0.05, 0) is 19.3 Å². The summed E-state index contributed by atoms with van der Waals surface area (Å²) in [7, 11) is 0. The number of hydrogen-bond acceptors (Lipinski definition) is 2. The van der Waals surface area contributed by atoms with E-state index in [1.807, 2.05) is 4.90 Å². The van der Waals surface area contributed by atoms with Gasteiger partial charge in [0.15, 0.2) is 0 Å². The number of likely N-dealkylation sites (tertiary alicyclic amines) is 1. The number of hydrogen-bond donors (Lipinski definition) is 1. The highest BCUT2D eigenvalue weighted by Crippen LogP contribution is 2.28. The zero-order valence-electron chi connectivity index (χ0n) is 12.7. The maximum atomic E-state index is 12.2. The summed E-state index contributed by atoms with van der Waals surface area (Å²) in [6.45, 7) is 3.49. The van der Waals surface area contributed by atoms with Crippen LogP contribution >= 0.6 is 0 Å². The van der Waals surface area contributed by atoms with Crippen LogP contribution in [-0.2, 0) is 9.59 Å². The van der Waals surface area contributed by atoms with Crippen LogP contribution in [0.3, 0.4) is 0 Å². The number of carbonyl (C=O) groups is 2. The topological polar surface area (TPSA) is 49.4 Å². The standard InChI is InChI=1S/C16H28N2O2/c1-2-3-10-17-16(20)13-11-15(19)18(12-13)14-8-6-4-5-7-9-14/h13-14H,2-12H2,1H3,(H,17,20)/t13-/m1/s1.